The highest BCUT2D eigenvalue weighted by Crippen LogP contribution is 2.51. The normalized spacial score (nSPS) is 16.0. The average molecular weight is 352 g/mol. The molecule has 26 heavy (non-hydrogen) atoms. The van der Waals surface area contributed by atoms with Crippen LogP contribution >= 0.6 is 7.92 Å². The molecular weight excluding hydrogens is 331 g/mol. The lowest BCUT2D eigenvalue weighted by Crippen LogP contribution is -2.12. The standard InChI is InChI=1S/C25H21P/c1-18-14-15-20-10-7-11-21-16-26(17-23(18)25(20)21)24-13-6-5-12-22(24)19-8-3-2-4-9-19/h2-15H,16-17H2,1H3. The monoisotopic (exact) mass is 352 g/mol. The van der Waals surface area contributed by atoms with Crippen LogP contribution in [0.25, 0.3) is 21.9 Å². The van der Waals surface area contributed by atoms with E-state index in [2.05, 4.69) is 91.9 Å². The van der Waals surface area contributed by atoms with Gasteiger partial charge in [0.05, 0.1) is 0 Å². The Kier molecular flexibility index (Phi) is 3.88. The Morgan fingerprint density at radius 1 is 0.692 bits per heavy atom. The summed E-state index contributed by atoms with van der Waals surface area (Å²) in [5.41, 5.74) is 7.27. The van der Waals surface area contributed by atoms with Crippen LogP contribution in [0.4, 0.5) is 0 Å². The van der Waals surface area contributed by atoms with Crippen LogP contribution in [0.15, 0.2) is 84.9 Å². The molecule has 0 saturated heterocycles. The van der Waals surface area contributed by atoms with E-state index in [4.69, 9.17) is 0 Å². The van der Waals surface area contributed by atoms with Crippen LogP contribution in [0.3, 0.4) is 0 Å². The maximum Gasteiger partial charge on any atom is -0.00207 e. The molecule has 0 nitrogen and oxygen atoms in total. The summed E-state index contributed by atoms with van der Waals surface area (Å²) in [4.78, 5) is 0. The number of hydrogen-bond donors (Lipinski definition) is 0. The summed E-state index contributed by atoms with van der Waals surface area (Å²) in [6.45, 7) is 2.27. The summed E-state index contributed by atoms with van der Waals surface area (Å²) < 4.78 is 0. The molecule has 0 saturated carbocycles. The molecule has 1 aliphatic rings. The van der Waals surface area contributed by atoms with Crippen molar-refractivity contribution in [3.63, 3.8) is 0 Å². The molecule has 4 aromatic carbocycles. The Hall–Kier alpha value is -2.43. The van der Waals surface area contributed by atoms with Crippen LogP contribution in [0.2, 0.25) is 0 Å². The van der Waals surface area contributed by atoms with Gasteiger partial charge in [-0.1, -0.05) is 92.9 Å². The second kappa shape index (κ2) is 6.38. The Balaban J connectivity index is 1.65. The summed E-state index contributed by atoms with van der Waals surface area (Å²) in [6, 6.07) is 31.3. The van der Waals surface area contributed by atoms with Gasteiger partial charge in [-0.15, -0.1) is 0 Å². The Labute approximate surface area is 156 Å². The van der Waals surface area contributed by atoms with Crippen molar-refractivity contribution in [3.8, 4) is 11.1 Å². The first kappa shape index (κ1) is 15.8. The molecule has 0 spiro atoms. The van der Waals surface area contributed by atoms with Crippen molar-refractivity contribution in [2.45, 2.75) is 19.2 Å². The second-order valence-corrected chi connectivity index (χ2v) is 9.31. The molecule has 1 heterocycles. The van der Waals surface area contributed by atoms with E-state index >= 15 is 0 Å². The fraction of sp³-hybridized carbons (Fsp3) is 0.120. The zero-order valence-electron chi connectivity index (χ0n) is 14.9. The van der Waals surface area contributed by atoms with E-state index < -0.39 is 0 Å². The number of aryl methyl sites for hydroxylation is 1. The predicted octanol–water partition coefficient (Wildman–Crippen LogP) is 6.64. The van der Waals surface area contributed by atoms with E-state index in [-0.39, 0.29) is 7.92 Å². The molecule has 0 radical (unpaired) electrons. The largest absolute Gasteiger partial charge is 0.0656 e. The van der Waals surface area contributed by atoms with Crippen LogP contribution in [-0.2, 0) is 12.3 Å². The number of benzene rings is 4. The Bertz CT molecular complexity index is 1100. The van der Waals surface area contributed by atoms with Crippen molar-refractivity contribution >= 4 is 24.0 Å². The number of hydrogen-bond acceptors (Lipinski definition) is 0. The molecule has 0 fully saturated rings. The van der Waals surface area contributed by atoms with Gasteiger partial charge in [0.15, 0.2) is 0 Å². The van der Waals surface area contributed by atoms with Crippen LogP contribution < -0.4 is 5.30 Å². The lowest BCUT2D eigenvalue weighted by molar-refractivity contribution is 1.26. The minimum atomic E-state index is -0.240. The van der Waals surface area contributed by atoms with Crippen molar-refractivity contribution < 1.29 is 0 Å². The molecule has 0 aliphatic carbocycles. The first-order valence-electron chi connectivity index (χ1n) is 9.21. The van der Waals surface area contributed by atoms with Gasteiger partial charge in [0, 0.05) is 0 Å². The first-order valence-corrected chi connectivity index (χ1v) is 10.9. The summed E-state index contributed by atoms with van der Waals surface area (Å²) >= 11 is 0. The van der Waals surface area contributed by atoms with Gasteiger partial charge in [0.25, 0.3) is 0 Å². The van der Waals surface area contributed by atoms with Crippen molar-refractivity contribution in [2.24, 2.45) is 0 Å². The molecule has 0 bridgehead atoms. The third-order valence-electron chi connectivity index (χ3n) is 5.51. The maximum atomic E-state index is 2.36. The molecule has 0 N–H and O–H groups in total. The lowest BCUT2D eigenvalue weighted by Gasteiger charge is -2.29. The Morgan fingerprint density at radius 2 is 1.50 bits per heavy atom. The smallest absolute Gasteiger partial charge is 0.00207 e. The lowest BCUT2D eigenvalue weighted by atomic mass is 9.97. The van der Waals surface area contributed by atoms with Gasteiger partial charge in [-0.25, -0.2) is 0 Å². The maximum absolute atomic E-state index is 2.36. The zero-order valence-corrected chi connectivity index (χ0v) is 15.8. The van der Waals surface area contributed by atoms with Gasteiger partial charge in [-0.3, -0.25) is 0 Å². The van der Waals surface area contributed by atoms with E-state index in [1.54, 1.807) is 10.9 Å². The molecule has 5 rings (SSSR count). The summed E-state index contributed by atoms with van der Waals surface area (Å²) in [6.07, 6.45) is 2.38. The van der Waals surface area contributed by atoms with Gasteiger partial charge >= 0.3 is 0 Å². The summed E-state index contributed by atoms with van der Waals surface area (Å²) in [5.74, 6) is 0. The van der Waals surface area contributed by atoms with Gasteiger partial charge in [0.1, 0.15) is 0 Å². The fourth-order valence-electron chi connectivity index (χ4n) is 4.21. The minimum Gasteiger partial charge on any atom is -0.0656 e. The van der Waals surface area contributed by atoms with E-state index in [9.17, 15) is 0 Å². The first-order chi connectivity index (χ1) is 12.8. The van der Waals surface area contributed by atoms with Crippen LogP contribution in [0.1, 0.15) is 16.7 Å². The van der Waals surface area contributed by atoms with E-state index in [0.717, 1.165) is 0 Å². The molecule has 1 aliphatic heterocycles. The zero-order chi connectivity index (χ0) is 17.5. The van der Waals surface area contributed by atoms with Crippen molar-refractivity contribution in [1.29, 1.82) is 0 Å². The predicted molar refractivity (Wildman–Crippen MR) is 115 cm³/mol. The highest BCUT2D eigenvalue weighted by Gasteiger charge is 2.24. The Morgan fingerprint density at radius 3 is 2.38 bits per heavy atom. The van der Waals surface area contributed by atoms with Crippen LogP contribution in [0.5, 0.6) is 0 Å². The highest BCUT2D eigenvalue weighted by atomic mass is 31.1. The minimum absolute atomic E-state index is 0.240. The molecule has 1 atom stereocenters. The fourth-order valence-corrected chi connectivity index (χ4v) is 6.97. The molecule has 0 aromatic heterocycles. The third-order valence-corrected chi connectivity index (χ3v) is 8.01. The molecule has 1 heteroatoms. The molecule has 126 valence electrons. The van der Waals surface area contributed by atoms with E-state index in [0.29, 0.717) is 0 Å². The number of rotatable bonds is 2. The summed E-state index contributed by atoms with van der Waals surface area (Å²) in [7, 11) is -0.240. The highest BCUT2D eigenvalue weighted by molar-refractivity contribution is 7.64. The quantitative estimate of drug-likeness (QED) is 0.355. The molecular formula is C25H21P. The topological polar surface area (TPSA) is 0 Å². The van der Waals surface area contributed by atoms with Crippen LogP contribution in [0, 0.1) is 6.92 Å². The van der Waals surface area contributed by atoms with Gasteiger partial charge < -0.3 is 0 Å². The van der Waals surface area contributed by atoms with Crippen LogP contribution in [-0.4, -0.2) is 0 Å². The molecule has 1 unspecified atom stereocenters. The van der Waals surface area contributed by atoms with Crippen molar-refractivity contribution in [1.82, 2.24) is 0 Å². The van der Waals surface area contributed by atoms with Crippen molar-refractivity contribution in [2.75, 3.05) is 0 Å². The van der Waals surface area contributed by atoms with E-state index in [1.807, 2.05) is 0 Å². The SMILES string of the molecule is Cc1ccc2cccc3c2c1CP(c1ccccc1-c1ccccc1)C3. The van der Waals surface area contributed by atoms with Crippen molar-refractivity contribution in [3.05, 3.63) is 102 Å². The van der Waals surface area contributed by atoms with Gasteiger partial charge in [0.2, 0.25) is 0 Å². The average Bonchev–Trinajstić information content (AvgIpc) is 2.71. The molecule has 4 aromatic rings. The third kappa shape index (κ3) is 2.57. The van der Waals surface area contributed by atoms with Gasteiger partial charge in [-0.2, -0.15) is 0 Å². The van der Waals surface area contributed by atoms with E-state index in [1.165, 1.54) is 45.4 Å². The molecule has 0 amide bonds. The summed E-state index contributed by atoms with van der Waals surface area (Å²) in [5, 5.41) is 4.46. The second-order valence-electron chi connectivity index (χ2n) is 7.12. The van der Waals surface area contributed by atoms with Gasteiger partial charge in [-0.05, 0) is 63.1 Å².